The van der Waals surface area contributed by atoms with E-state index in [0.29, 0.717) is 25.7 Å². The van der Waals surface area contributed by atoms with Crippen LogP contribution in [0.5, 0.6) is 0 Å². The van der Waals surface area contributed by atoms with E-state index in [1.54, 1.807) is 0 Å². The van der Waals surface area contributed by atoms with Gasteiger partial charge < -0.3 is 28.8 Å². The van der Waals surface area contributed by atoms with Gasteiger partial charge in [0.05, 0.1) is 0 Å². The Morgan fingerprint density at radius 1 is 0.611 bits per heavy atom. The second-order valence-electron chi connectivity index (χ2n) is 9.03. The normalized spacial score (nSPS) is 23.5. The van der Waals surface area contributed by atoms with Crippen LogP contribution in [0, 0.1) is 0 Å². The maximum absolute atomic E-state index is 12.6. The van der Waals surface area contributed by atoms with E-state index >= 15 is 0 Å². The fraction of sp³-hybridized carbons (Fsp3) is 0.846. The molecule has 1 fully saturated rings. The number of aliphatic hydroxyl groups excluding tert-OH is 1. The number of ether oxygens (including phenoxy) is 5. The molecule has 0 unspecified atom stereocenters. The molecule has 0 radical (unpaired) electrons. The largest absolute Gasteiger partial charge is 0.463 e. The zero-order valence-electron chi connectivity index (χ0n) is 22.2. The van der Waals surface area contributed by atoms with Crippen molar-refractivity contribution in [3.8, 4) is 0 Å². The lowest BCUT2D eigenvalue weighted by molar-refractivity contribution is -0.297. The lowest BCUT2D eigenvalue weighted by Crippen LogP contribution is -2.62. The van der Waals surface area contributed by atoms with Gasteiger partial charge in [-0.05, 0) is 25.7 Å². The molecule has 0 aromatic rings. The van der Waals surface area contributed by atoms with E-state index in [1.165, 1.54) is 0 Å². The van der Waals surface area contributed by atoms with E-state index in [9.17, 15) is 24.3 Å². The van der Waals surface area contributed by atoms with Crippen molar-refractivity contribution in [1.29, 1.82) is 0 Å². The van der Waals surface area contributed by atoms with Gasteiger partial charge in [-0.2, -0.15) is 0 Å². The average molecular weight is 517 g/mol. The van der Waals surface area contributed by atoms with Gasteiger partial charge in [-0.25, -0.2) is 0 Å². The van der Waals surface area contributed by atoms with Gasteiger partial charge in [0.2, 0.25) is 0 Å². The third-order valence-electron chi connectivity index (χ3n) is 5.76. The molecule has 0 aromatic heterocycles. The standard InChI is InChI=1S/C26H44O10/c1-5-9-13-19(27)32-17-18-23(34-20(28)14-10-6-2)24(35-21(29)15-11-7-3)25(26(31)33-18)36-22(30)16-12-8-4/h18,23-26,31H,5-17H2,1-4H3/t18-,23+,24+,25-,26-/m1/s1. The van der Waals surface area contributed by atoms with Crippen LogP contribution in [0.25, 0.3) is 0 Å². The second kappa shape index (κ2) is 18.1. The smallest absolute Gasteiger partial charge is 0.306 e. The van der Waals surface area contributed by atoms with E-state index < -0.39 is 54.6 Å². The minimum absolute atomic E-state index is 0.105. The first-order valence-corrected chi connectivity index (χ1v) is 13.3. The molecule has 1 saturated heterocycles. The van der Waals surface area contributed by atoms with Gasteiger partial charge in [0, 0.05) is 25.7 Å². The Kier molecular flexibility index (Phi) is 16.0. The van der Waals surface area contributed by atoms with Gasteiger partial charge in [-0.1, -0.05) is 53.4 Å². The molecule has 208 valence electrons. The minimum Gasteiger partial charge on any atom is -0.463 e. The summed E-state index contributed by atoms with van der Waals surface area (Å²) >= 11 is 0. The topological polar surface area (TPSA) is 135 Å². The number of hydrogen-bond donors (Lipinski definition) is 1. The first kappa shape index (κ1) is 31.8. The fourth-order valence-electron chi connectivity index (χ4n) is 3.60. The number of hydrogen-bond acceptors (Lipinski definition) is 10. The van der Waals surface area contributed by atoms with Gasteiger partial charge in [-0.15, -0.1) is 0 Å². The van der Waals surface area contributed by atoms with Crippen LogP contribution >= 0.6 is 0 Å². The highest BCUT2D eigenvalue weighted by Crippen LogP contribution is 2.29. The van der Waals surface area contributed by atoms with Crippen LogP contribution in [-0.4, -0.2) is 66.3 Å². The van der Waals surface area contributed by atoms with Crippen molar-refractivity contribution in [3.63, 3.8) is 0 Å². The summed E-state index contributed by atoms with van der Waals surface area (Å²) < 4.78 is 27.6. The molecule has 0 aliphatic carbocycles. The third-order valence-corrected chi connectivity index (χ3v) is 5.76. The van der Waals surface area contributed by atoms with Gasteiger partial charge in [-0.3, -0.25) is 19.2 Å². The lowest BCUT2D eigenvalue weighted by Gasteiger charge is -2.43. The molecular weight excluding hydrogens is 472 g/mol. The Hall–Kier alpha value is -2.20. The van der Waals surface area contributed by atoms with Gasteiger partial charge in [0.1, 0.15) is 12.7 Å². The molecule has 0 saturated carbocycles. The highest BCUT2D eigenvalue weighted by atomic mass is 16.7. The van der Waals surface area contributed by atoms with Crippen LogP contribution in [-0.2, 0) is 42.9 Å². The summed E-state index contributed by atoms with van der Waals surface area (Å²) in [5.74, 6) is -2.20. The molecule has 1 heterocycles. The maximum atomic E-state index is 12.6. The van der Waals surface area contributed by atoms with Crippen molar-refractivity contribution >= 4 is 23.9 Å². The highest BCUT2D eigenvalue weighted by Gasteiger charge is 2.52. The van der Waals surface area contributed by atoms with Crippen LogP contribution in [0.4, 0.5) is 0 Å². The molecule has 1 rings (SSSR count). The summed E-state index contributed by atoms with van der Waals surface area (Å²) in [5, 5.41) is 10.7. The molecule has 0 aromatic carbocycles. The number of rotatable bonds is 17. The van der Waals surface area contributed by atoms with Gasteiger partial charge in [0.25, 0.3) is 0 Å². The molecule has 1 aliphatic heterocycles. The van der Waals surface area contributed by atoms with Crippen molar-refractivity contribution in [2.24, 2.45) is 0 Å². The lowest BCUT2D eigenvalue weighted by atomic mass is 9.98. The van der Waals surface area contributed by atoms with Gasteiger partial charge in [0.15, 0.2) is 24.6 Å². The Morgan fingerprint density at radius 2 is 1.00 bits per heavy atom. The maximum Gasteiger partial charge on any atom is 0.306 e. The van der Waals surface area contributed by atoms with E-state index in [-0.39, 0.29) is 32.3 Å². The molecule has 5 atom stereocenters. The Labute approximate surface area is 214 Å². The minimum atomic E-state index is -1.68. The molecule has 0 bridgehead atoms. The zero-order chi connectivity index (χ0) is 26.9. The number of carbonyl (C=O) groups excluding carboxylic acids is 4. The molecular formula is C26H44O10. The van der Waals surface area contributed by atoms with Crippen LogP contribution in [0.3, 0.4) is 0 Å². The van der Waals surface area contributed by atoms with Crippen molar-refractivity contribution < 1.29 is 48.0 Å². The monoisotopic (exact) mass is 516 g/mol. The number of unbranched alkanes of at least 4 members (excludes halogenated alkanes) is 4. The first-order chi connectivity index (χ1) is 17.3. The molecule has 10 heteroatoms. The molecule has 10 nitrogen and oxygen atoms in total. The molecule has 1 N–H and O–H groups in total. The Balaban J connectivity index is 3.19. The third kappa shape index (κ3) is 11.7. The van der Waals surface area contributed by atoms with Crippen LogP contribution in [0.1, 0.15) is 105 Å². The quantitative estimate of drug-likeness (QED) is 0.225. The van der Waals surface area contributed by atoms with Gasteiger partial charge >= 0.3 is 23.9 Å². The van der Waals surface area contributed by atoms with Crippen LogP contribution in [0.15, 0.2) is 0 Å². The summed E-state index contributed by atoms with van der Waals surface area (Å²) in [6.07, 6.45) is -0.750. The van der Waals surface area contributed by atoms with E-state index in [0.717, 1.165) is 25.7 Å². The summed E-state index contributed by atoms with van der Waals surface area (Å²) in [6, 6.07) is 0. The van der Waals surface area contributed by atoms with Crippen LogP contribution < -0.4 is 0 Å². The summed E-state index contributed by atoms with van der Waals surface area (Å²) in [4.78, 5) is 49.6. The fourth-order valence-corrected chi connectivity index (χ4v) is 3.60. The molecule has 0 spiro atoms. The predicted molar refractivity (Wildman–Crippen MR) is 130 cm³/mol. The summed E-state index contributed by atoms with van der Waals surface area (Å²) in [5.41, 5.74) is 0. The Morgan fingerprint density at radius 3 is 1.44 bits per heavy atom. The average Bonchev–Trinajstić information content (AvgIpc) is 2.86. The van der Waals surface area contributed by atoms with Crippen molar-refractivity contribution in [3.05, 3.63) is 0 Å². The van der Waals surface area contributed by atoms with Crippen molar-refractivity contribution in [1.82, 2.24) is 0 Å². The molecule has 36 heavy (non-hydrogen) atoms. The molecule has 0 amide bonds. The SMILES string of the molecule is CCCCC(=O)OC[C@H]1O[C@@H](O)[C@H](OC(=O)CCCC)[C@@H](OC(=O)CCCC)[C@H]1OC(=O)CCCC. The molecule has 1 aliphatic rings. The van der Waals surface area contributed by atoms with E-state index in [4.69, 9.17) is 23.7 Å². The summed E-state index contributed by atoms with van der Waals surface area (Å²) in [6.45, 7) is 7.38. The second-order valence-corrected chi connectivity index (χ2v) is 9.03. The number of aliphatic hydroxyl groups is 1. The van der Waals surface area contributed by atoms with E-state index in [1.807, 2.05) is 27.7 Å². The number of carbonyl (C=O) groups is 4. The zero-order valence-corrected chi connectivity index (χ0v) is 22.2. The van der Waals surface area contributed by atoms with E-state index in [2.05, 4.69) is 0 Å². The first-order valence-electron chi connectivity index (χ1n) is 13.3. The predicted octanol–water partition coefficient (Wildman–Crippen LogP) is 3.74. The van der Waals surface area contributed by atoms with Crippen LogP contribution in [0.2, 0.25) is 0 Å². The van der Waals surface area contributed by atoms with Crippen molar-refractivity contribution in [2.75, 3.05) is 6.61 Å². The summed E-state index contributed by atoms with van der Waals surface area (Å²) in [7, 11) is 0. The number of esters is 4. The Bertz CT molecular complexity index is 680. The highest BCUT2D eigenvalue weighted by molar-refractivity contribution is 5.72. The van der Waals surface area contributed by atoms with Crippen molar-refractivity contribution in [2.45, 2.75) is 135 Å².